The Bertz CT molecular complexity index is 146. The van der Waals surface area contributed by atoms with Gasteiger partial charge < -0.3 is 19.7 Å². The monoisotopic (exact) mass is 176 g/mol. The molecule has 0 rings (SSSR count). The number of rotatable bonds is 5. The highest BCUT2D eigenvalue weighted by Gasteiger charge is 2.35. The summed E-state index contributed by atoms with van der Waals surface area (Å²) >= 11 is 0. The van der Waals surface area contributed by atoms with Crippen LogP contribution in [0.2, 0.25) is 0 Å². The van der Waals surface area contributed by atoms with Gasteiger partial charge in [-0.05, 0) is 13.8 Å². The van der Waals surface area contributed by atoms with E-state index in [9.17, 15) is 9.90 Å². The fourth-order valence-electron chi connectivity index (χ4n) is 1.00. The highest BCUT2D eigenvalue weighted by molar-refractivity contribution is 5.51. The van der Waals surface area contributed by atoms with Gasteiger partial charge in [0.05, 0.1) is 11.7 Å². The fourth-order valence-corrected chi connectivity index (χ4v) is 1.00. The minimum Gasteiger partial charge on any atom is -0.391 e. The van der Waals surface area contributed by atoms with Crippen molar-refractivity contribution in [2.24, 2.45) is 0 Å². The quantitative estimate of drug-likeness (QED) is 0.565. The number of methoxy groups -OCH3 is 1. The Labute approximate surface area is 72.2 Å². The third-order valence-electron chi connectivity index (χ3n) is 2.04. The van der Waals surface area contributed by atoms with Crippen LogP contribution in [0.5, 0.6) is 0 Å². The summed E-state index contributed by atoms with van der Waals surface area (Å²) in [4.78, 5) is 10.2. The standard InChI is InChI=1S/C8H16O4/c1-6(10)7(11)8(2,12-3)4-5-9/h5-7,10-11H,4H2,1-3H3. The van der Waals surface area contributed by atoms with E-state index in [2.05, 4.69) is 0 Å². The summed E-state index contributed by atoms with van der Waals surface area (Å²) in [6, 6.07) is 0. The number of aliphatic hydroxyl groups excluding tert-OH is 2. The summed E-state index contributed by atoms with van der Waals surface area (Å²) in [7, 11) is 1.40. The first-order valence-electron chi connectivity index (χ1n) is 3.83. The zero-order valence-electron chi connectivity index (χ0n) is 7.65. The van der Waals surface area contributed by atoms with Crippen LogP contribution in [0.25, 0.3) is 0 Å². The number of carbonyl (C=O) groups is 1. The number of hydrogen-bond acceptors (Lipinski definition) is 4. The van der Waals surface area contributed by atoms with E-state index >= 15 is 0 Å². The molecule has 0 saturated carbocycles. The third-order valence-corrected chi connectivity index (χ3v) is 2.04. The van der Waals surface area contributed by atoms with Crippen molar-refractivity contribution >= 4 is 6.29 Å². The largest absolute Gasteiger partial charge is 0.391 e. The van der Waals surface area contributed by atoms with E-state index in [0.29, 0.717) is 6.29 Å². The van der Waals surface area contributed by atoms with Gasteiger partial charge in [0.2, 0.25) is 0 Å². The van der Waals surface area contributed by atoms with Crippen LogP contribution < -0.4 is 0 Å². The lowest BCUT2D eigenvalue weighted by molar-refractivity contribution is -0.141. The van der Waals surface area contributed by atoms with Crippen molar-refractivity contribution in [2.45, 2.75) is 38.1 Å². The Morgan fingerprint density at radius 1 is 1.58 bits per heavy atom. The summed E-state index contributed by atoms with van der Waals surface area (Å²) in [6.45, 7) is 3.03. The molecule has 0 aliphatic carbocycles. The lowest BCUT2D eigenvalue weighted by Crippen LogP contribution is -2.47. The average molecular weight is 176 g/mol. The van der Waals surface area contributed by atoms with Gasteiger partial charge in [-0.15, -0.1) is 0 Å². The molecule has 0 aromatic heterocycles. The molecule has 0 bridgehead atoms. The van der Waals surface area contributed by atoms with Gasteiger partial charge in [-0.1, -0.05) is 0 Å². The Morgan fingerprint density at radius 3 is 2.33 bits per heavy atom. The first-order valence-corrected chi connectivity index (χ1v) is 3.83. The van der Waals surface area contributed by atoms with Crippen LogP contribution in [0, 0.1) is 0 Å². The number of aldehydes is 1. The molecule has 0 fully saturated rings. The predicted octanol–water partition coefficient (Wildman–Crippen LogP) is -0.278. The van der Waals surface area contributed by atoms with Gasteiger partial charge in [0.15, 0.2) is 0 Å². The first kappa shape index (κ1) is 11.6. The molecule has 0 spiro atoms. The topological polar surface area (TPSA) is 66.8 Å². The van der Waals surface area contributed by atoms with Gasteiger partial charge >= 0.3 is 0 Å². The maximum atomic E-state index is 10.2. The molecular weight excluding hydrogens is 160 g/mol. The normalized spacial score (nSPS) is 21.1. The van der Waals surface area contributed by atoms with Gasteiger partial charge in [-0.25, -0.2) is 0 Å². The van der Waals surface area contributed by atoms with Crippen LogP contribution in [-0.2, 0) is 9.53 Å². The predicted molar refractivity (Wildman–Crippen MR) is 43.8 cm³/mol. The molecule has 2 N–H and O–H groups in total. The summed E-state index contributed by atoms with van der Waals surface area (Å²) in [5.74, 6) is 0. The molecule has 72 valence electrons. The lowest BCUT2D eigenvalue weighted by atomic mass is 9.92. The van der Waals surface area contributed by atoms with Crippen molar-refractivity contribution < 1.29 is 19.7 Å². The third kappa shape index (κ3) is 2.55. The Hall–Kier alpha value is -0.450. The average Bonchev–Trinajstić information content (AvgIpc) is 2.03. The van der Waals surface area contributed by atoms with Gasteiger partial charge in [0.1, 0.15) is 12.4 Å². The smallest absolute Gasteiger partial charge is 0.122 e. The molecular formula is C8H16O4. The van der Waals surface area contributed by atoms with Crippen molar-refractivity contribution in [1.29, 1.82) is 0 Å². The lowest BCUT2D eigenvalue weighted by Gasteiger charge is -2.33. The van der Waals surface area contributed by atoms with Crippen LogP contribution in [0.3, 0.4) is 0 Å². The van der Waals surface area contributed by atoms with E-state index in [1.54, 1.807) is 6.92 Å². The van der Waals surface area contributed by atoms with Crippen molar-refractivity contribution in [1.82, 2.24) is 0 Å². The Balaban J connectivity index is 4.38. The molecule has 0 amide bonds. The zero-order chi connectivity index (χ0) is 9.78. The van der Waals surface area contributed by atoms with Gasteiger partial charge in [-0.3, -0.25) is 0 Å². The van der Waals surface area contributed by atoms with E-state index in [0.717, 1.165) is 0 Å². The molecule has 0 aromatic rings. The van der Waals surface area contributed by atoms with E-state index in [1.165, 1.54) is 14.0 Å². The second-order valence-electron chi connectivity index (χ2n) is 3.07. The van der Waals surface area contributed by atoms with E-state index in [1.807, 2.05) is 0 Å². The van der Waals surface area contributed by atoms with Gasteiger partial charge in [-0.2, -0.15) is 0 Å². The van der Waals surface area contributed by atoms with Gasteiger partial charge in [0, 0.05) is 13.5 Å². The maximum absolute atomic E-state index is 10.2. The van der Waals surface area contributed by atoms with Crippen LogP contribution in [0.1, 0.15) is 20.3 Å². The highest BCUT2D eigenvalue weighted by Crippen LogP contribution is 2.20. The van der Waals surface area contributed by atoms with Crippen molar-refractivity contribution in [3.05, 3.63) is 0 Å². The minimum absolute atomic E-state index is 0.0650. The molecule has 0 radical (unpaired) electrons. The number of hydrogen-bond donors (Lipinski definition) is 2. The molecule has 4 nitrogen and oxygen atoms in total. The van der Waals surface area contributed by atoms with Crippen LogP contribution in [0.15, 0.2) is 0 Å². The molecule has 4 heteroatoms. The fraction of sp³-hybridized carbons (Fsp3) is 0.875. The molecule has 0 aliphatic rings. The van der Waals surface area contributed by atoms with Crippen molar-refractivity contribution in [2.75, 3.05) is 7.11 Å². The summed E-state index contributed by atoms with van der Waals surface area (Å²) in [5.41, 5.74) is -0.990. The highest BCUT2D eigenvalue weighted by atomic mass is 16.5. The maximum Gasteiger partial charge on any atom is 0.122 e. The molecule has 0 aromatic carbocycles. The first-order chi connectivity index (χ1) is 5.48. The molecule has 3 atom stereocenters. The molecule has 12 heavy (non-hydrogen) atoms. The second kappa shape index (κ2) is 4.54. The van der Waals surface area contributed by atoms with E-state index in [4.69, 9.17) is 9.84 Å². The molecule has 0 saturated heterocycles. The summed E-state index contributed by atoms with van der Waals surface area (Å²) in [5, 5.41) is 18.5. The van der Waals surface area contributed by atoms with Crippen molar-refractivity contribution in [3.63, 3.8) is 0 Å². The van der Waals surface area contributed by atoms with Gasteiger partial charge in [0.25, 0.3) is 0 Å². The van der Waals surface area contributed by atoms with Crippen LogP contribution in [0.4, 0.5) is 0 Å². The van der Waals surface area contributed by atoms with Crippen LogP contribution >= 0.6 is 0 Å². The number of ether oxygens (including phenoxy) is 1. The Morgan fingerprint density at radius 2 is 2.08 bits per heavy atom. The SMILES string of the molecule is COC(C)(CC=O)C(O)C(C)O. The van der Waals surface area contributed by atoms with Crippen molar-refractivity contribution in [3.8, 4) is 0 Å². The summed E-state index contributed by atoms with van der Waals surface area (Å²) in [6.07, 6.45) is -1.23. The molecule has 0 aliphatic heterocycles. The number of aliphatic hydroxyl groups is 2. The van der Waals surface area contributed by atoms with Crippen LogP contribution in [-0.4, -0.2) is 41.4 Å². The van der Waals surface area contributed by atoms with E-state index in [-0.39, 0.29) is 6.42 Å². The summed E-state index contributed by atoms with van der Waals surface area (Å²) < 4.78 is 4.96. The molecule has 3 unspecified atom stereocenters. The Kier molecular flexibility index (Phi) is 4.37. The minimum atomic E-state index is -1.05. The van der Waals surface area contributed by atoms with E-state index < -0.39 is 17.8 Å². The molecule has 0 heterocycles. The zero-order valence-corrected chi connectivity index (χ0v) is 7.65. The number of carbonyl (C=O) groups excluding carboxylic acids is 1. The second-order valence-corrected chi connectivity index (χ2v) is 3.07.